The zero-order valence-electron chi connectivity index (χ0n) is 18.6. The second kappa shape index (κ2) is 6.22. The Bertz CT molecular complexity index is 824. The maximum Gasteiger partial charge on any atom is 0.312 e. The van der Waals surface area contributed by atoms with E-state index < -0.39 is 27.8 Å². The maximum atomic E-state index is 13.0. The predicted octanol–water partition coefficient (Wildman–Crippen LogP) is 2.47. The van der Waals surface area contributed by atoms with Crippen LogP contribution in [-0.2, 0) is 38.0 Å². The summed E-state index contributed by atoms with van der Waals surface area (Å²) in [7, 11) is 1.66. The quantitative estimate of drug-likeness (QED) is 0.482. The van der Waals surface area contributed by atoms with Crippen LogP contribution < -0.4 is 0 Å². The first-order valence-corrected chi connectivity index (χ1v) is 11.6. The van der Waals surface area contributed by atoms with Gasteiger partial charge in [-0.3, -0.25) is 9.59 Å². The molecule has 0 radical (unpaired) electrons. The molecule has 2 saturated carbocycles. The number of rotatable bonds is 2. The minimum absolute atomic E-state index is 0.163. The number of ether oxygens (including phenoxy) is 6. The molecule has 0 aromatic heterocycles. The van der Waals surface area contributed by atoms with E-state index in [0.29, 0.717) is 13.0 Å². The highest BCUT2D eigenvalue weighted by Crippen LogP contribution is 2.74. The number of hydrogen-bond acceptors (Lipinski definition) is 8. The van der Waals surface area contributed by atoms with Gasteiger partial charge in [-0.2, -0.15) is 0 Å². The van der Waals surface area contributed by atoms with E-state index in [2.05, 4.69) is 0 Å². The molecular formula is C23H32O8. The number of fused-ring (bicyclic) bond motifs is 1. The van der Waals surface area contributed by atoms with Crippen molar-refractivity contribution >= 4 is 11.9 Å². The summed E-state index contributed by atoms with van der Waals surface area (Å²) in [6.45, 7) is 4.27. The lowest BCUT2D eigenvalue weighted by molar-refractivity contribution is -0.349. The highest BCUT2D eigenvalue weighted by atomic mass is 16.8. The van der Waals surface area contributed by atoms with E-state index in [-0.39, 0.29) is 36.9 Å². The number of methoxy groups -OCH3 is 1. The molecule has 31 heavy (non-hydrogen) atoms. The molecular weight excluding hydrogens is 404 g/mol. The van der Waals surface area contributed by atoms with Crippen molar-refractivity contribution in [1.82, 2.24) is 0 Å². The summed E-state index contributed by atoms with van der Waals surface area (Å²) >= 11 is 0. The highest BCUT2D eigenvalue weighted by molar-refractivity contribution is 5.79. The predicted molar refractivity (Wildman–Crippen MR) is 105 cm³/mol. The Labute approximate surface area is 182 Å². The van der Waals surface area contributed by atoms with Gasteiger partial charge in [-0.05, 0) is 26.2 Å². The summed E-state index contributed by atoms with van der Waals surface area (Å²) < 4.78 is 36.8. The Kier molecular flexibility index (Phi) is 4.09. The van der Waals surface area contributed by atoms with Gasteiger partial charge >= 0.3 is 11.9 Å². The Morgan fingerprint density at radius 2 is 1.94 bits per heavy atom. The molecule has 6 rings (SSSR count). The van der Waals surface area contributed by atoms with Crippen LogP contribution in [0.4, 0.5) is 0 Å². The number of carbonyl (C=O) groups is 2. The average molecular weight is 437 g/mol. The van der Waals surface area contributed by atoms with Gasteiger partial charge in [0.1, 0.15) is 23.9 Å². The van der Waals surface area contributed by atoms with E-state index in [1.54, 1.807) is 7.11 Å². The van der Waals surface area contributed by atoms with E-state index in [1.165, 1.54) is 6.92 Å². The molecule has 3 spiro atoms. The Morgan fingerprint density at radius 1 is 1.13 bits per heavy atom. The molecule has 2 bridgehead atoms. The van der Waals surface area contributed by atoms with Crippen LogP contribution in [0, 0.1) is 16.7 Å². The van der Waals surface area contributed by atoms with Crippen molar-refractivity contribution < 1.29 is 38.0 Å². The minimum Gasteiger partial charge on any atom is -0.465 e. The van der Waals surface area contributed by atoms with E-state index >= 15 is 0 Å². The van der Waals surface area contributed by atoms with Crippen LogP contribution >= 0.6 is 0 Å². The minimum atomic E-state index is -0.704. The summed E-state index contributed by atoms with van der Waals surface area (Å²) in [6, 6.07) is 0. The zero-order valence-corrected chi connectivity index (χ0v) is 18.6. The monoisotopic (exact) mass is 436 g/mol. The smallest absolute Gasteiger partial charge is 0.312 e. The summed E-state index contributed by atoms with van der Waals surface area (Å²) in [5.74, 6) is -1.36. The van der Waals surface area contributed by atoms with Crippen LogP contribution in [-0.4, -0.2) is 61.6 Å². The molecule has 4 saturated heterocycles. The third-order valence-electron chi connectivity index (χ3n) is 9.37. The number of esters is 2. The fourth-order valence-corrected chi connectivity index (χ4v) is 8.18. The van der Waals surface area contributed by atoms with Crippen molar-refractivity contribution in [3.63, 3.8) is 0 Å². The third kappa shape index (κ3) is 2.40. The Hall–Kier alpha value is -1.22. The van der Waals surface area contributed by atoms with Crippen molar-refractivity contribution in [3.8, 4) is 0 Å². The summed E-state index contributed by atoms with van der Waals surface area (Å²) in [5, 5.41) is 0. The normalized spacial score (nSPS) is 54.8. The number of cyclic esters (lactones) is 1. The van der Waals surface area contributed by atoms with Crippen LogP contribution in [0.25, 0.3) is 0 Å². The number of carbonyl (C=O) groups excluding carboxylic acids is 2. The largest absolute Gasteiger partial charge is 0.465 e. The summed E-state index contributed by atoms with van der Waals surface area (Å²) in [6.07, 6.45) is 5.48. The Balaban J connectivity index is 1.47. The highest BCUT2D eigenvalue weighted by Gasteiger charge is 2.84. The fraction of sp³-hybridized carbons (Fsp3) is 0.913. The molecule has 2 aliphatic carbocycles. The molecule has 8 unspecified atom stereocenters. The fourth-order valence-electron chi connectivity index (χ4n) is 8.18. The third-order valence-corrected chi connectivity index (χ3v) is 9.37. The van der Waals surface area contributed by atoms with E-state index in [0.717, 1.165) is 44.9 Å². The summed E-state index contributed by atoms with van der Waals surface area (Å²) in [4.78, 5) is 25.1. The first kappa shape index (κ1) is 20.4. The van der Waals surface area contributed by atoms with Crippen molar-refractivity contribution in [2.24, 2.45) is 16.7 Å². The molecule has 0 aromatic rings. The van der Waals surface area contributed by atoms with Crippen molar-refractivity contribution in [2.45, 2.75) is 94.6 Å². The van der Waals surface area contributed by atoms with Gasteiger partial charge in [-0.25, -0.2) is 0 Å². The number of epoxide rings is 1. The lowest BCUT2D eigenvalue weighted by atomic mass is 9.41. The van der Waals surface area contributed by atoms with E-state index in [4.69, 9.17) is 28.4 Å². The van der Waals surface area contributed by atoms with Gasteiger partial charge in [0, 0.05) is 51.0 Å². The van der Waals surface area contributed by atoms with Gasteiger partial charge in [0.15, 0.2) is 12.1 Å². The zero-order chi connectivity index (χ0) is 21.7. The second-order valence-electron chi connectivity index (χ2n) is 10.8. The SMILES string of the molecule is COC1CCC2(CCC3(O2)C2(CO2)CC(OC(C)=O)C2C4(C)CCCC23COC4=O)O1. The molecule has 6 fully saturated rings. The molecule has 0 aromatic carbocycles. The number of hydrogen-bond donors (Lipinski definition) is 0. The van der Waals surface area contributed by atoms with Gasteiger partial charge in [0.2, 0.25) is 0 Å². The van der Waals surface area contributed by atoms with Crippen LogP contribution in [0.1, 0.15) is 65.2 Å². The van der Waals surface area contributed by atoms with Gasteiger partial charge in [0.05, 0.1) is 12.0 Å². The molecule has 8 heteroatoms. The van der Waals surface area contributed by atoms with Crippen molar-refractivity contribution in [3.05, 3.63) is 0 Å². The van der Waals surface area contributed by atoms with Gasteiger partial charge < -0.3 is 28.4 Å². The van der Waals surface area contributed by atoms with Crippen molar-refractivity contribution in [1.29, 1.82) is 0 Å². The van der Waals surface area contributed by atoms with Crippen molar-refractivity contribution in [2.75, 3.05) is 20.3 Å². The lowest BCUT2D eigenvalue weighted by Crippen LogP contribution is -2.76. The average Bonchev–Trinajstić information content (AvgIpc) is 3.23. The molecule has 6 aliphatic rings. The molecule has 172 valence electrons. The molecule has 4 heterocycles. The maximum absolute atomic E-state index is 13.0. The van der Waals surface area contributed by atoms with Crippen LogP contribution in [0.15, 0.2) is 0 Å². The van der Waals surface area contributed by atoms with Gasteiger partial charge in [-0.15, -0.1) is 0 Å². The van der Waals surface area contributed by atoms with Crippen LogP contribution in [0.3, 0.4) is 0 Å². The first-order chi connectivity index (χ1) is 14.7. The molecule has 0 amide bonds. The molecule has 0 N–H and O–H groups in total. The lowest BCUT2D eigenvalue weighted by Gasteiger charge is -2.67. The van der Waals surface area contributed by atoms with E-state index in [1.807, 2.05) is 6.92 Å². The molecule has 8 nitrogen and oxygen atoms in total. The topological polar surface area (TPSA) is 92.8 Å². The molecule has 4 aliphatic heterocycles. The van der Waals surface area contributed by atoms with Crippen LogP contribution in [0.2, 0.25) is 0 Å². The van der Waals surface area contributed by atoms with Gasteiger partial charge in [-0.1, -0.05) is 6.42 Å². The van der Waals surface area contributed by atoms with Gasteiger partial charge in [0.25, 0.3) is 0 Å². The first-order valence-electron chi connectivity index (χ1n) is 11.6. The standard InChI is InChI=1S/C23H32O8/c1-14(24)29-15-11-21(13-28-21)23(10-9-22(31-23)8-5-16(26-3)30-22)20-7-4-6-19(2,17(15)20)18(25)27-12-20/h15-17H,4-13H2,1-3H3. The Morgan fingerprint density at radius 3 is 2.61 bits per heavy atom. The second-order valence-corrected chi connectivity index (χ2v) is 10.8. The van der Waals surface area contributed by atoms with Crippen LogP contribution in [0.5, 0.6) is 0 Å². The summed E-state index contributed by atoms with van der Waals surface area (Å²) in [5.41, 5.74) is -2.35. The van der Waals surface area contributed by atoms with E-state index in [9.17, 15) is 9.59 Å². The molecule has 8 atom stereocenters.